The van der Waals surface area contributed by atoms with Crippen LogP contribution in [0.2, 0.25) is 5.02 Å². The number of benzene rings is 1. The van der Waals surface area contributed by atoms with Crippen LogP contribution < -0.4 is 10.1 Å². The van der Waals surface area contributed by atoms with Crippen molar-refractivity contribution in [2.75, 3.05) is 11.9 Å². The third-order valence-electron chi connectivity index (χ3n) is 3.40. The molecule has 8 heteroatoms. The van der Waals surface area contributed by atoms with Gasteiger partial charge in [-0.25, -0.2) is 4.98 Å². The molecule has 0 radical (unpaired) electrons. The summed E-state index contributed by atoms with van der Waals surface area (Å²) in [5.74, 6) is 0.0492. The Morgan fingerprint density at radius 1 is 1.50 bits per heavy atom. The zero-order valence-electron chi connectivity index (χ0n) is 12.9. The maximum Gasteiger partial charge on any atom is 0.311 e. The normalized spacial score (nSPS) is 15.5. The fraction of sp³-hybridized carbons (Fsp3) is 0.312. The molecule has 1 aliphatic heterocycles. The number of fused-ring (bicyclic) bond motifs is 1. The number of aromatic nitrogens is 1. The number of nitrogens with one attached hydrogen (secondary N) is 1. The van der Waals surface area contributed by atoms with E-state index in [4.69, 9.17) is 21.1 Å². The van der Waals surface area contributed by atoms with Gasteiger partial charge in [-0.2, -0.15) is 0 Å². The number of halogens is 1. The van der Waals surface area contributed by atoms with Crippen LogP contribution in [0.5, 0.6) is 5.75 Å². The Bertz CT molecular complexity index is 777. The van der Waals surface area contributed by atoms with Crippen molar-refractivity contribution in [2.45, 2.75) is 25.9 Å². The monoisotopic (exact) mass is 366 g/mol. The van der Waals surface area contributed by atoms with Crippen molar-refractivity contribution in [1.82, 2.24) is 4.98 Å². The smallest absolute Gasteiger partial charge is 0.311 e. The highest BCUT2D eigenvalue weighted by Gasteiger charge is 2.29. The van der Waals surface area contributed by atoms with E-state index in [0.29, 0.717) is 34.6 Å². The average Bonchev–Trinajstić information content (AvgIpc) is 3.13. The maximum atomic E-state index is 12.3. The molecule has 3 rings (SSSR count). The minimum absolute atomic E-state index is 0.0874. The molecule has 0 bridgehead atoms. The number of ether oxygens (including phenoxy) is 2. The quantitative estimate of drug-likeness (QED) is 0.823. The van der Waals surface area contributed by atoms with Gasteiger partial charge in [0, 0.05) is 16.8 Å². The molecule has 1 aliphatic rings. The Morgan fingerprint density at radius 2 is 2.33 bits per heavy atom. The molecule has 0 fully saturated rings. The van der Waals surface area contributed by atoms with Crippen LogP contribution in [-0.4, -0.2) is 29.6 Å². The van der Waals surface area contributed by atoms with Gasteiger partial charge in [0.2, 0.25) is 0 Å². The second kappa shape index (κ2) is 7.19. The van der Waals surface area contributed by atoms with E-state index in [2.05, 4.69) is 10.3 Å². The predicted octanol–water partition coefficient (Wildman–Crippen LogP) is 2.84. The third-order valence-corrected chi connectivity index (χ3v) is 4.44. The van der Waals surface area contributed by atoms with Gasteiger partial charge in [0.25, 0.3) is 5.91 Å². The van der Waals surface area contributed by atoms with E-state index >= 15 is 0 Å². The van der Waals surface area contributed by atoms with Crippen molar-refractivity contribution >= 4 is 39.9 Å². The van der Waals surface area contributed by atoms with E-state index in [0.717, 1.165) is 5.56 Å². The number of amides is 1. The Kier molecular flexibility index (Phi) is 5.01. The van der Waals surface area contributed by atoms with Crippen molar-refractivity contribution in [2.24, 2.45) is 0 Å². The highest BCUT2D eigenvalue weighted by atomic mass is 35.5. The standard InChI is InChI=1S/C16H15ClN2O4S/c1-2-22-14(20)7-11-8-24-16(18-11)19-15(21)13-6-9-5-10(17)3-4-12(9)23-13/h3-5,8,13H,2,6-7H2,1H3,(H,18,19,21)/t13-/m1/s1. The first kappa shape index (κ1) is 16.7. The summed E-state index contributed by atoms with van der Waals surface area (Å²) in [5.41, 5.74) is 1.47. The predicted molar refractivity (Wildman–Crippen MR) is 90.7 cm³/mol. The van der Waals surface area contributed by atoms with Gasteiger partial charge in [0.15, 0.2) is 11.2 Å². The number of carbonyl (C=O) groups is 2. The first-order valence-electron chi connectivity index (χ1n) is 7.41. The second-order valence-electron chi connectivity index (χ2n) is 5.18. The molecule has 1 aromatic heterocycles. The molecule has 126 valence electrons. The lowest BCUT2D eigenvalue weighted by Crippen LogP contribution is -2.31. The molecule has 0 saturated carbocycles. The Morgan fingerprint density at radius 3 is 3.12 bits per heavy atom. The lowest BCUT2D eigenvalue weighted by Gasteiger charge is -2.09. The number of rotatable bonds is 5. The zero-order chi connectivity index (χ0) is 17.1. The number of anilines is 1. The van der Waals surface area contributed by atoms with Gasteiger partial charge in [-0.3, -0.25) is 14.9 Å². The van der Waals surface area contributed by atoms with Crippen molar-refractivity contribution in [1.29, 1.82) is 0 Å². The van der Waals surface area contributed by atoms with Crippen molar-refractivity contribution in [3.63, 3.8) is 0 Å². The summed E-state index contributed by atoms with van der Waals surface area (Å²) in [6, 6.07) is 5.28. The summed E-state index contributed by atoms with van der Waals surface area (Å²) in [6.07, 6.45) is -0.0665. The van der Waals surface area contributed by atoms with Gasteiger partial charge in [-0.1, -0.05) is 11.6 Å². The first-order chi connectivity index (χ1) is 11.5. The molecule has 1 N–H and O–H groups in total. The number of esters is 1. The zero-order valence-corrected chi connectivity index (χ0v) is 14.4. The molecule has 0 unspecified atom stereocenters. The molecular formula is C16H15ClN2O4S. The van der Waals surface area contributed by atoms with Crippen LogP contribution in [0.25, 0.3) is 0 Å². The van der Waals surface area contributed by atoms with E-state index in [1.165, 1.54) is 11.3 Å². The average molecular weight is 367 g/mol. The van der Waals surface area contributed by atoms with E-state index in [9.17, 15) is 9.59 Å². The summed E-state index contributed by atoms with van der Waals surface area (Å²) in [7, 11) is 0. The molecule has 1 amide bonds. The summed E-state index contributed by atoms with van der Waals surface area (Å²) in [4.78, 5) is 28.0. The third kappa shape index (κ3) is 3.85. The van der Waals surface area contributed by atoms with Crippen molar-refractivity contribution in [3.05, 3.63) is 39.9 Å². The summed E-state index contributed by atoms with van der Waals surface area (Å²) < 4.78 is 10.5. The number of carbonyl (C=O) groups excluding carboxylic acids is 2. The summed E-state index contributed by atoms with van der Waals surface area (Å²) in [6.45, 7) is 2.08. The molecule has 0 spiro atoms. The van der Waals surface area contributed by atoms with Crippen LogP contribution >= 0.6 is 22.9 Å². The van der Waals surface area contributed by atoms with Crippen molar-refractivity contribution < 1.29 is 19.1 Å². The van der Waals surface area contributed by atoms with Gasteiger partial charge >= 0.3 is 5.97 Å². The molecule has 0 saturated heterocycles. The van der Waals surface area contributed by atoms with Gasteiger partial charge in [0.05, 0.1) is 18.7 Å². The topological polar surface area (TPSA) is 77.5 Å². The Balaban J connectivity index is 1.58. The van der Waals surface area contributed by atoms with E-state index < -0.39 is 6.10 Å². The van der Waals surface area contributed by atoms with E-state index in [1.54, 1.807) is 30.5 Å². The van der Waals surface area contributed by atoms with Crippen LogP contribution in [0.15, 0.2) is 23.6 Å². The maximum absolute atomic E-state index is 12.3. The highest BCUT2D eigenvalue weighted by Crippen LogP contribution is 2.31. The molecular weight excluding hydrogens is 352 g/mol. The minimum atomic E-state index is -0.615. The van der Waals surface area contributed by atoms with Crippen molar-refractivity contribution in [3.8, 4) is 5.75 Å². The van der Waals surface area contributed by atoms with Gasteiger partial charge in [-0.15, -0.1) is 11.3 Å². The fourth-order valence-corrected chi connectivity index (χ4v) is 3.26. The number of nitrogens with zero attached hydrogens (tertiary/aromatic N) is 1. The van der Waals surface area contributed by atoms with Crippen LogP contribution in [0.1, 0.15) is 18.2 Å². The molecule has 0 aliphatic carbocycles. The van der Waals surface area contributed by atoms with Crippen LogP contribution in [-0.2, 0) is 27.2 Å². The lowest BCUT2D eigenvalue weighted by atomic mass is 10.1. The fourth-order valence-electron chi connectivity index (χ4n) is 2.35. The number of thiazole rings is 1. The molecule has 2 aromatic rings. The van der Waals surface area contributed by atoms with Gasteiger partial charge in [-0.05, 0) is 30.7 Å². The minimum Gasteiger partial charge on any atom is -0.480 e. The van der Waals surface area contributed by atoms with Gasteiger partial charge < -0.3 is 9.47 Å². The highest BCUT2D eigenvalue weighted by molar-refractivity contribution is 7.13. The molecule has 1 aromatic carbocycles. The molecule has 24 heavy (non-hydrogen) atoms. The molecule has 6 nitrogen and oxygen atoms in total. The van der Waals surface area contributed by atoms with E-state index in [1.807, 2.05) is 0 Å². The summed E-state index contributed by atoms with van der Waals surface area (Å²) >= 11 is 7.20. The van der Waals surface area contributed by atoms with E-state index in [-0.39, 0.29) is 18.3 Å². The first-order valence-corrected chi connectivity index (χ1v) is 8.67. The number of hydrogen-bond acceptors (Lipinski definition) is 6. The Labute approximate surface area is 147 Å². The Hall–Kier alpha value is -2.12. The van der Waals surface area contributed by atoms with Crippen LogP contribution in [0.3, 0.4) is 0 Å². The molecule has 1 atom stereocenters. The molecule has 2 heterocycles. The number of hydrogen-bond donors (Lipinski definition) is 1. The largest absolute Gasteiger partial charge is 0.480 e. The lowest BCUT2D eigenvalue weighted by molar-refractivity contribution is -0.142. The van der Waals surface area contributed by atoms with Gasteiger partial charge in [0.1, 0.15) is 5.75 Å². The second-order valence-corrected chi connectivity index (χ2v) is 6.47. The van der Waals surface area contributed by atoms with Crippen LogP contribution in [0.4, 0.5) is 5.13 Å². The summed E-state index contributed by atoms with van der Waals surface area (Å²) in [5, 5.41) is 5.48. The van der Waals surface area contributed by atoms with Crippen LogP contribution in [0, 0.1) is 0 Å². The SMILES string of the molecule is CCOC(=O)Cc1csc(NC(=O)[C@H]2Cc3cc(Cl)ccc3O2)n1.